The third kappa shape index (κ3) is 1.70. The van der Waals surface area contributed by atoms with Crippen LogP contribution in [0.2, 0.25) is 5.02 Å². The van der Waals surface area contributed by atoms with E-state index in [9.17, 15) is 14.3 Å². The molecule has 102 valence electrons. The summed E-state index contributed by atoms with van der Waals surface area (Å²) < 4.78 is 14.7. The van der Waals surface area contributed by atoms with E-state index in [0.29, 0.717) is 15.7 Å². The molecule has 0 aliphatic carbocycles. The van der Waals surface area contributed by atoms with E-state index >= 15 is 0 Å². The fourth-order valence-corrected chi connectivity index (χ4v) is 2.79. The first kappa shape index (κ1) is 13.5. The van der Waals surface area contributed by atoms with E-state index in [1.807, 2.05) is 0 Å². The monoisotopic (exact) mass is 355 g/mol. The molecule has 20 heavy (non-hydrogen) atoms. The highest BCUT2D eigenvalue weighted by atomic mass is 79.9. The fourth-order valence-electron chi connectivity index (χ4n) is 2.32. The van der Waals surface area contributed by atoms with Gasteiger partial charge in [-0.15, -0.1) is 0 Å². The summed E-state index contributed by atoms with van der Waals surface area (Å²) in [6.07, 6.45) is 0. The average molecular weight is 357 g/mol. The first-order chi connectivity index (χ1) is 9.46. The molecule has 1 heterocycles. The number of hydrogen-bond acceptors (Lipinski definition) is 2. The molecule has 2 N–H and O–H groups in total. The Labute approximate surface area is 127 Å². The minimum atomic E-state index is -2.08. The van der Waals surface area contributed by atoms with Crippen LogP contribution in [0.1, 0.15) is 11.1 Å². The lowest BCUT2D eigenvalue weighted by Gasteiger charge is -2.22. The van der Waals surface area contributed by atoms with Crippen LogP contribution in [0.15, 0.2) is 40.9 Å². The second kappa shape index (κ2) is 4.55. The molecule has 0 saturated heterocycles. The quantitative estimate of drug-likeness (QED) is 0.769. The van der Waals surface area contributed by atoms with Crippen molar-refractivity contribution in [2.75, 3.05) is 5.32 Å². The van der Waals surface area contributed by atoms with Gasteiger partial charge in [-0.2, -0.15) is 0 Å². The van der Waals surface area contributed by atoms with Gasteiger partial charge in [-0.05, 0) is 28.1 Å². The van der Waals surface area contributed by atoms with Gasteiger partial charge in [0, 0.05) is 21.3 Å². The van der Waals surface area contributed by atoms with Gasteiger partial charge in [0.15, 0.2) is 5.60 Å². The van der Waals surface area contributed by atoms with Crippen LogP contribution in [-0.4, -0.2) is 11.0 Å². The molecular formula is C14H8BrClFNO2. The van der Waals surface area contributed by atoms with Gasteiger partial charge >= 0.3 is 0 Å². The van der Waals surface area contributed by atoms with Crippen LogP contribution in [0.3, 0.4) is 0 Å². The topological polar surface area (TPSA) is 49.3 Å². The van der Waals surface area contributed by atoms with Crippen molar-refractivity contribution >= 4 is 39.1 Å². The molecule has 1 amide bonds. The number of aliphatic hydroxyl groups is 1. The van der Waals surface area contributed by atoms with E-state index in [-0.39, 0.29) is 10.6 Å². The number of nitrogens with one attached hydrogen (secondary N) is 1. The second-order valence-corrected chi connectivity index (χ2v) is 5.67. The van der Waals surface area contributed by atoms with Gasteiger partial charge in [-0.25, -0.2) is 4.39 Å². The Morgan fingerprint density at radius 1 is 1.20 bits per heavy atom. The maximum Gasteiger partial charge on any atom is 0.265 e. The maximum absolute atomic E-state index is 14.3. The summed E-state index contributed by atoms with van der Waals surface area (Å²) in [5.41, 5.74) is -1.49. The molecule has 6 heteroatoms. The SMILES string of the molecule is O=C1Nc2ccccc2C1(O)c1ccc(Br)c(Cl)c1F. The molecule has 2 aromatic rings. The molecule has 0 saturated carbocycles. The highest BCUT2D eigenvalue weighted by Crippen LogP contribution is 2.43. The number of carbonyl (C=O) groups is 1. The minimum Gasteiger partial charge on any atom is -0.372 e. The van der Waals surface area contributed by atoms with E-state index in [4.69, 9.17) is 11.6 Å². The zero-order chi connectivity index (χ0) is 14.5. The molecule has 0 spiro atoms. The predicted molar refractivity (Wildman–Crippen MR) is 77.2 cm³/mol. The van der Waals surface area contributed by atoms with Crippen molar-refractivity contribution in [1.82, 2.24) is 0 Å². The van der Waals surface area contributed by atoms with Crippen LogP contribution < -0.4 is 5.32 Å². The highest BCUT2D eigenvalue weighted by molar-refractivity contribution is 9.10. The molecule has 3 nitrogen and oxygen atoms in total. The van der Waals surface area contributed by atoms with E-state index in [2.05, 4.69) is 21.2 Å². The van der Waals surface area contributed by atoms with Crippen molar-refractivity contribution < 1.29 is 14.3 Å². The van der Waals surface area contributed by atoms with Crippen LogP contribution in [0.25, 0.3) is 0 Å². The van der Waals surface area contributed by atoms with E-state index in [1.165, 1.54) is 12.1 Å². The normalized spacial score (nSPS) is 20.7. The summed E-state index contributed by atoms with van der Waals surface area (Å²) in [5, 5.41) is 13.1. The van der Waals surface area contributed by atoms with Gasteiger partial charge < -0.3 is 10.4 Å². The number of amides is 1. The third-order valence-electron chi connectivity index (χ3n) is 3.32. The van der Waals surface area contributed by atoms with Gasteiger partial charge in [0.05, 0.1) is 5.02 Å². The molecule has 2 aromatic carbocycles. The number of para-hydroxylation sites is 1. The lowest BCUT2D eigenvalue weighted by Crippen LogP contribution is -2.36. The average Bonchev–Trinajstić information content (AvgIpc) is 2.69. The van der Waals surface area contributed by atoms with Gasteiger partial charge in [0.1, 0.15) is 5.82 Å². The minimum absolute atomic E-state index is 0.173. The number of hydrogen-bond donors (Lipinski definition) is 2. The van der Waals surface area contributed by atoms with E-state index < -0.39 is 17.3 Å². The van der Waals surface area contributed by atoms with Crippen LogP contribution >= 0.6 is 27.5 Å². The molecular weight excluding hydrogens is 349 g/mol. The van der Waals surface area contributed by atoms with Crippen molar-refractivity contribution in [3.8, 4) is 0 Å². The number of benzene rings is 2. The first-order valence-corrected chi connectivity index (χ1v) is 6.90. The molecule has 1 aliphatic rings. The van der Waals surface area contributed by atoms with Gasteiger partial charge in [0.25, 0.3) is 5.91 Å². The largest absolute Gasteiger partial charge is 0.372 e. The molecule has 0 bridgehead atoms. The van der Waals surface area contributed by atoms with E-state index in [1.54, 1.807) is 24.3 Å². The smallest absolute Gasteiger partial charge is 0.265 e. The Hall–Kier alpha value is -1.43. The van der Waals surface area contributed by atoms with E-state index in [0.717, 1.165) is 0 Å². The fraction of sp³-hybridized carbons (Fsp3) is 0.0714. The number of halogens is 3. The zero-order valence-corrected chi connectivity index (χ0v) is 12.3. The summed E-state index contributed by atoms with van der Waals surface area (Å²) in [4.78, 5) is 12.1. The Bertz CT molecular complexity index is 737. The first-order valence-electron chi connectivity index (χ1n) is 5.73. The van der Waals surface area contributed by atoms with Gasteiger partial charge in [0.2, 0.25) is 0 Å². The standard InChI is InChI=1S/C14H8BrClFNO2/c15-9-6-5-8(12(17)11(9)16)14(20)7-3-1-2-4-10(7)18-13(14)19/h1-6,20H,(H,18,19). The maximum atomic E-state index is 14.3. The predicted octanol–water partition coefficient (Wildman–Crippen LogP) is 3.43. The summed E-state index contributed by atoms with van der Waals surface area (Å²) in [5.74, 6) is -1.52. The highest BCUT2D eigenvalue weighted by Gasteiger charge is 2.48. The Balaban J connectivity index is 2.29. The third-order valence-corrected chi connectivity index (χ3v) is 4.58. The Morgan fingerprint density at radius 3 is 2.65 bits per heavy atom. The molecule has 3 rings (SSSR count). The second-order valence-electron chi connectivity index (χ2n) is 4.43. The van der Waals surface area contributed by atoms with Crippen molar-refractivity contribution in [2.45, 2.75) is 5.60 Å². The van der Waals surface area contributed by atoms with Crippen molar-refractivity contribution in [2.24, 2.45) is 0 Å². The molecule has 0 aromatic heterocycles. The lowest BCUT2D eigenvalue weighted by atomic mass is 9.87. The summed E-state index contributed by atoms with van der Waals surface area (Å²) in [7, 11) is 0. The number of rotatable bonds is 1. The summed E-state index contributed by atoms with van der Waals surface area (Å²) >= 11 is 8.93. The number of fused-ring (bicyclic) bond motifs is 1. The molecule has 1 atom stereocenters. The Morgan fingerprint density at radius 2 is 1.90 bits per heavy atom. The van der Waals surface area contributed by atoms with Crippen LogP contribution in [0, 0.1) is 5.82 Å². The summed E-state index contributed by atoms with van der Waals surface area (Å²) in [6.45, 7) is 0. The van der Waals surface area contributed by atoms with Crippen molar-refractivity contribution in [1.29, 1.82) is 0 Å². The van der Waals surface area contributed by atoms with Crippen LogP contribution in [0.4, 0.5) is 10.1 Å². The van der Waals surface area contributed by atoms with Crippen molar-refractivity contribution in [3.63, 3.8) is 0 Å². The van der Waals surface area contributed by atoms with Gasteiger partial charge in [-0.1, -0.05) is 35.9 Å². The Kier molecular flexibility index (Phi) is 3.08. The molecule has 0 fully saturated rings. The number of carbonyl (C=O) groups excluding carboxylic acids is 1. The zero-order valence-electron chi connectivity index (χ0n) is 9.95. The molecule has 0 radical (unpaired) electrons. The summed E-state index contributed by atoms with van der Waals surface area (Å²) in [6, 6.07) is 9.43. The lowest BCUT2D eigenvalue weighted by molar-refractivity contribution is -0.129. The molecule has 1 unspecified atom stereocenters. The van der Waals surface area contributed by atoms with Gasteiger partial charge in [-0.3, -0.25) is 4.79 Å². The van der Waals surface area contributed by atoms with Crippen LogP contribution in [-0.2, 0) is 10.4 Å². The van der Waals surface area contributed by atoms with Crippen molar-refractivity contribution in [3.05, 3.63) is 62.8 Å². The molecule has 1 aliphatic heterocycles. The number of anilines is 1. The van der Waals surface area contributed by atoms with Crippen LogP contribution in [0.5, 0.6) is 0 Å².